The molecule has 6 aromatic heterocycles. The Morgan fingerprint density at radius 1 is 0.327 bits per heavy atom. The molecule has 6 aromatic carbocycles. The molecule has 9 heterocycles. The number of aromatic amines is 1. The SMILES string of the molecule is COc1ccc(C2=c3cc(-c4ccc(OC)cc4)c(s3)=c3ccc(s3)=c3ccc(s3)=CC3=NC(=C(c4c(C)cc(C)cc4C)c4ccc(s4)C(c4c(C)cc(C)cc4C)=c4ccc([nH]4)=C(c4c(C)cc(C)cc4C)c4ccc(s4)C(c4c(C)cc(C)cc4C)=C4C=CC2=N4)C=C3)cc1. The van der Waals surface area contributed by atoms with Gasteiger partial charge in [-0.25, -0.2) is 9.98 Å². The largest absolute Gasteiger partial charge is 0.497 e. The van der Waals surface area contributed by atoms with E-state index < -0.39 is 0 Å². The number of allylic oxidation sites excluding steroid dienone is 4. The molecule has 16 bridgehead atoms. The van der Waals surface area contributed by atoms with Crippen molar-refractivity contribution < 1.29 is 9.47 Å². The average Bonchev–Trinajstić information content (AvgIpc) is 1.57. The first-order valence-electron chi connectivity index (χ1n) is 33.2. The number of methoxy groups -OCH3 is 2. The molecule has 484 valence electrons. The number of hydrogen-bond donors (Lipinski definition) is 1. The number of thiophene rings is 5. The number of H-pyrrole nitrogens is 1. The van der Waals surface area contributed by atoms with Crippen LogP contribution in [-0.4, -0.2) is 30.6 Å². The highest BCUT2D eigenvalue weighted by molar-refractivity contribution is 7.15. The van der Waals surface area contributed by atoms with Crippen molar-refractivity contribution in [2.45, 2.75) is 83.1 Å². The fourth-order valence-corrected chi connectivity index (χ4v) is 20.8. The summed E-state index contributed by atoms with van der Waals surface area (Å²) in [6.07, 6.45) is 11.1. The highest BCUT2D eigenvalue weighted by Crippen LogP contribution is 2.44. The molecule has 3 aliphatic rings. The Hall–Kier alpha value is -9.52. The van der Waals surface area contributed by atoms with E-state index in [4.69, 9.17) is 19.5 Å². The second kappa shape index (κ2) is 26.0. The number of hydrogen-bond acceptors (Lipinski definition) is 9. The predicted molar refractivity (Wildman–Crippen MR) is 419 cm³/mol. The molecular weight excluding hydrogens is 1290 g/mol. The highest BCUT2D eigenvalue weighted by atomic mass is 32.1. The van der Waals surface area contributed by atoms with Crippen LogP contribution in [0.4, 0.5) is 0 Å². The first-order chi connectivity index (χ1) is 47.3. The van der Waals surface area contributed by atoms with Crippen LogP contribution in [0.25, 0.3) is 45.1 Å². The number of nitrogens with zero attached hydrogens (tertiary/aromatic N) is 2. The van der Waals surface area contributed by atoms with Gasteiger partial charge in [0.25, 0.3) is 0 Å². The van der Waals surface area contributed by atoms with Crippen LogP contribution in [-0.2, 0) is 0 Å². The van der Waals surface area contributed by atoms with Crippen LogP contribution in [0.2, 0.25) is 0 Å². The van der Waals surface area contributed by atoms with E-state index in [9.17, 15) is 0 Å². The zero-order valence-electron chi connectivity index (χ0n) is 57.7. The van der Waals surface area contributed by atoms with E-state index in [1.807, 2.05) is 45.3 Å². The number of aliphatic imine (C=N–C) groups is 2. The third kappa shape index (κ3) is 12.0. The third-order valence-corrected chi connectivity index (χ3v) is 24.8. The van der Waals surface area contributed by atoms with Gasteiger partial charge in [0.15, 0.2) is 0 Å². The van der Waals surface area contributed by atoms with Crippen molar-refractivity contribution in [1.29, 1.82) is 0 Å². The number of ether oxygens (including phenoxy) is 2. The Morgan fingerprint density at radius 3 is 1.21 bits per heavy atom. The molecule has 0 aliphatic carbocycles. The molecule has 98 heavy (non-hydrogen) atoms. The van der Waals surface area contributed by atoms with Crippen LogP contribution in [0.1, 0.15) is 114 Å². The van der Waals surface area contributed by atoms with Crippen molar-refractivity contribution in [3.05, 3.63) is 351 Å². The van der Waals surface area contributed by atoms with Crippen molar-refractivity contribution >= 4 is 102 Å². The molecular formula is C88H75N3O2S5. The Kier molecular flexibility index (Phi) is 17.1. The average molecular weight is 1370 g/mol. The lowest BCUT2D eigenvalue weighted by atomic mass is 9.91. The van der Waals surface area contributed by atoms with Gasteiger partial charge in [0, 0.05) is 86.3 Å². The molecule has 0 atom stereocenters. The highest BCUT2D eigenvalue weighted by Gasteiger charge is 2.27. The summed E-state index contributed by atoms with van der Waals surface area (Å²) in [6.45, 7) is 26.9. The van der Waals surface area contributed by atoms with Gasteiger partial charge in [-0.15, -0.1) is 56.7 Å². The maximum atomic E-state index is 5.86. The van der Waals surface area contributed by atoms with E-state index >= 15 is 0 Å². The van der Waals surface area contributed by atoms with Crippen LogP contribution >= 0.6 is 56.7 Å². The molecule has 12 aromatic rings. The van der Waals surface area contributed by atoms with E-state index in [1.54, 1.807) is 25.6 Å². The standard InChI is InChI=1S/C88H75N3O2S5/c1-47-37-51(5)79(52(6)38-47)84-67-25-19-61(89-67)45-64-24-30-71(94-64)72-31-36-77(95-72)88-65(59-15-20-62(92-13)21-16-59)46-78(98-88)83(60-17-22-63(93-14)23-18-60)66-26-27-68(90-66)85(80-53(7)39-48(2)40-54(80)8)74-34-35-76(97-74)87(82-57(11)43-50(4)44-58(82)12)70-29-28-69(91-70)86(75-33-32-73(84)96-75)81-55(9)41-49(3)42-56(81)10/h15-46,91H,1-14H3. The number of aryl methyl sites for hydroxylation is 12. The Labute approximate surface area is 593 Å². The summed E-state index contributed by atoms with van der Waals surface area (Å²) in [5, 5.41) is 2.12. The minimum atomic E-state index is 0.796. The first kappa shape index (κ1) is 64.5. The number of nitrogens with one attached hydrogen (secondary N) is 1. The number of benzene rings is 6. The lowest BCUT2D eigenvalue weighted by Crippen LogP contribution is -2.18. The molecule has 0 unspecified atom stereocenters. The van der Waals surface area contributed by atoms with Gasteiger partial charge in [-0.05, 0) is 282 Å². The Morgan fingerprint density at radius 2 is 0.735 bits per heavy atom. The second-order valence-corrected chi connectivity index (χ2v) is 31.8. The zero-order valence-corrected chi connectivity index (χ0v) is 61.8. The smallest absolute Gasteiger partial charge is 0.118 e. The van der Waals surface area contributed by atoms with Gasteiger partial charge < -0.3 is 14.5 Å². The fraction of sp³-hybridized carbons (Fsp3) is 0.159. The third-order valence-electron chi connectivity index (χ3n) is 18.9. The van der Waals surface area contributed by atoms with Gasteiger partial charge in [0.2, 0.25) is 0 Å². The van der Waals surface area contributed by atoms with E-state index in [0.29, 0.717) is 0 Å². The van der Waals surface area contributed by atoms with Crippen LogP contribution in [0, 0.1) is 101 Å². The maximum absolute atomic E-state index is 5.86. The Bertz CT molecular complexity index is 5920. The molecule has 5 nitrogen and oxygen atoms in total. The lowest BCUT2D eigenvalue weighted by Gasteiger charge is -2.17. The van der Waals surface area contributed by atoms with Gasteiger partial charge in [0.1, 0.15) is 11.5 Å². The zero-order chi connectivity index (χ0) is 67.9. The fourth-order valence-electron chi connectivity index (χ4n) is 15.1. The molecule has 0 saturated heterocycles. The summed E-state index contributed by atoms with van der Waals surface area (Å²) in [4.78, 5) is 20.3. The molecule has 0 saturated carbocycles. The lowest BCUT2D eigenvalue weighted by molar-refractivity contribution is 0.414. The summed E-state index contributed by atoms with van der Waals surface area (Å²) >= 11 is 9.15. The topological polar surface area (TPSA) is 59.0 Å². The minimum absolute atomic E-state index is 0.796. The monoisotopic (exact) mass is 1370 g/mol. The van der Waals surface area contributed by atoms with Gasteiger partial charge in [-0.1, -0.05) is 95.1 Å². The minimum Gasteiger partial charge on any atom is -0.497 e. The summed E-state index contributed by atoms with van der Waals surface area (Å²) < 4.78 is 18.6. The van der Waals surface area contributed by atoms with Crippen molar-refractivity contribution in [2.24, 2.45) is 9.98 Å². The molecule has 0 radical (unpaired) electrons. The summed E-state index contributed by atoms with van der Waals surface area (Å²) in [5.41, 5.74) is 32.4. The van der Waals surface area contributed by atoms with Crippen LogP contribution < -0.4 is 29.2 Å². The van der Waals surface area contributed by atoms with Gasteiger partial charge in [-0.3, -0.25) is 0 Å². The Balaban J connectivity index is 1.08. The van der Waals surface area contributed by atoms with Gasteiger partial charge in [0.05, 0.1) is 41.6 Å². The molecule has 15 rings (SSSR count). The van der Waals surface area contributed by atoms with Gasteiger partial charge >= 0.3 is 0 Å². The molecule has 1 N–H and O–H groups in total. The summed E-state index contributed by atoms with van der Waals surface area (Å²) in [5.74, 6) is 1.61. The molecule has 0 fully saturated rings. The molecule has 3 aliphatic heterocycles. The van der Waals surface area contributed by atoms with E-state index in [1.165, 1.54) is 128 Å². The number of fused-ring (bicyclic) bond motifs is 14. The number of rotatable bonds is 8. The summed E-state index contributed by atoms with van der Waals surface area (Å²) in [6, 6.07) is 61.1. The van der Waals surface area contributed by atoms with E-state index in [0.717, 1.165) is 97.2 Å². The van der Waals surface area contributed by atoms with Crippen LogP contribution in [0.15, 0.2) is 209 Å². The van der Waals surface area contributed by atoms with Gasteiger partial charge in [-0.2, -0.15) is 0 Å². The number of aromatic nitrogens is 1. The second-order valence-electron chi connectivity index (χ2n) is 26.4. The van der Waals surface area contributed by atoms with Crippen LogP contribution in [0.5, 0.6) is 11.5 Å². The van der Waals surface area contributed by atoms with Crippen molar-refractivity contribution in [2.75, 3.05) is 14.2 Å². The first-order valence-corrected chi connectivity index (χ1v) is 37.3. The molecule has 0 spiro atoms. The van der Waals surface area contributed by atoms with E-state index in [2.05, 4.69) is 282 Å². The van der Waals surface area contributed by atoms with Crippen molar-refractivity contribution in [3.63, 3.8) is 0 Å². The molecule has 0 amide bonds. The van der Waals surface area contributed by atoms with Crippen molar-refractivity contribution in [1.82, 2.24) is 4.98 Å². The van der Waals surface area contributed by atoms with E-state index in [-0.39, 0.29) is 0 Å². The van der Waals surface area contributed by atoms with Crippen molar-refractivity contribution in [3.8, 4) is 22.6 Å². The maximum Gasteiger partial charge on any atom is 0.118 e. The predicted octanol–water partition coefficient (Wildman–Crippen LogP) is 20.0. The van der Waals surface area contributed by atoms with Crippen LogP contribution in [0.3, 0.4) is 0 Å². The molecule has 10 heteroatoms. The summed E-state index contributed by atoms with van der Waals surface area (Å²) in [7, 11) is 3.45. The normalized spacial score (nSPS) is 13.8. The quantitative estimate of drug-likeness (QED) is 0.165.